The van der Waals surface area contributed by atoms with Gasteiger partial charge in [0, 0.05) is 6.07 Å². The van der Waals surface area contributed by atoms with Crippen LogP contribution in [0, 0.1) is 6.92 Å². The molecule has 2 aromatic rings. The first-order chi connectivity index (χ1) is 6.31. The molecule has 2 heterocycles. The van der Waals surface area contributed by atoms with Crippen molar-refractivity contribution < 1.29 is 4.74 Å². The highest BCUT2D eigenvalue weighted by molar-refractivity contribution is 7.16. The average molecular weight is 194 g/mol. The van der Waals surface area contributed by atoms with Gasteiger partial charge in [-0.05, 0) is 13.8 Å². The van der Waals surface area contributed by atoms with Gasteiger partial charge in [-0.25, -0.2) is 9.97 Å². The molecular weight excluding hydrogens is 184 g/mol. The lowest BCUT2D eigenvalue weighted by Gasteiger charge is -2.02. The minimum Gasteiger partial charge on any atom is -0.478 e. The van der Waals surface area contributed by atoms with Crippen molar-refractivity contribution in [3.8, 4) is 5.88 Å². The van der Waals surface area contributed by atoms with Crippen LogP contribution in [0.2, 0.25) is 0 Å². The number of hydrogen-bond acceptors (Lipinski definition) is 4. The average Bonchev–Trinajstić information content (AvgIpc) is 2.53. The molecule has 3 nitrogen and oxygen atoms in total. The Labute approximate surface area is 80.4 Å². The highest BCUT2D eigenvalue weighted by Crippen LogP contribution is 2.23. The number of aryl methyl sites for hydroxylation is 1. The maximum Gasteiger partial charge on any atom is 0.214 e. The minimum absolute atomic E-state index is 0.650. The molecule has 0 radical (unpaired) electrons. The molecule has 0 aliphatic heterocycles. The van der Waals surface area contributed by atoms with Gasteiger partial charge in [-0.15, -0.1) is 11.3 Å². The molecule has 0 saturated heterocycles. The molecule has 0 amide bonds. The van der Waals surface area contributed by atoms with E-state index in [4.69, 9.17) is 4.74 Å². The molecule has 13 heavy (non-hydrogen) atoms. The Kier molecular flexibility index (Phi) is 2.14. The summed E-state index contributed by atoms with van der Waals surface area (Å²) in [5.41, 5.74) is 3.74. The van der Waals surface area contributed by atoms with E-state index >= 15 is 0 Å². The molecule has 0 spiro atoms. The zero-order valence-electron chi connectivity index (χ0n) is 7.57. The smallest absolute Gasteiger partial charge is 0.214 e. The van der Waals surface area contributed by atoms with Crippen LogP contribution in [0.1, 0.15) is 12.6 Å². The molecule has 0 N–H and O–H groups in total. The summed E-state index contributed by atoms with van der Waals surface area (Å²) in [6, 6.07) is 1.93. The molecule has 0 aliphatic carbocycles. The summed E-state index contributed by atoms with van der Waals surface area (Å²) in [6.45, 7) is 4.55. The lowest BCUT2D eigenvalue weighted by molar-refractivity contribution is 0.327. The zero-order valence-corrected chi connectivity index (χ0v) is 8.39. The third-order valence-electron chi connectivity index (χ3n) is 1.76. The van der Waals surface area contributed by atoms with Gasteiger partial charge in [0.2, 0.25) is 5.88 Å². The van der Waals surface area contributed by atoms with Crippen LogP contribution in [-0.4, -0.2) is 16.6 Å². The normalized spacial score (nSPS) is 10.6. The van der Waals surface area contributed by atoms with Gasteiger partial charge in [0.1, 0.15) is 5.52 Å². The summed E-state index contributed by atoms with van der Waals surface area (Å²) < 4.78 is 6.47. The summed E-state index contributed by atoms with van der Waals surface area (Å²) in [5, 5.41) is 0. The van der Waals surface area contributed by atoms with Crippen LogP contribution < -0.4 is 4.74 Å². The van der Waals surface area contributed by atoms with Crippen molar-refractivity contribution in [1.29, 1.82) is 0 Å². The highest BCUT2D eigenvalue weighted by Gasteiger charge is 2.04. The lowest BCUT2D eigenvalue weighted by Crippen LogP contribution is -1.95. The monoisotopic (exact) mass is 194 g/mol. The van der Waals surface area contributed by atoms with Gasteiger partial charge in [0.05, 0.1) is 22.5 Å². The molecule has 0 saturated carbocycles. The maximum atomic E-state index is 5.33. The Balaban J connectivity index is 2.56. The van der Waals surface area contributed by atoms with E-state index in [2.05, 4.69) is 9.97 Å². The van der Waals surface area contributed by atoms with Crippen LogP contribution in [0.15, 0.2) is 11.6 Å². The fourth-order valence-corrected chi connectivity index (χ4v) is 1.97. The number of fused-ring (bicyclic) bond motifs is 1. The van der Waals surface area contributed by atoms with Gasteiger partial charge >= 0.3 is 0 Å². The number of aromatic nitrogens is 2. The molecule has 2 aromatic heterocycles. The molecule has 4 heteroatoms. The van der Waals surface area contributed by atoms with Gasteiger partial charge in [-0.3, -0.25) is 0 Å². The van der Waals surface area contributed by atoms with E-state index in [0.29, 0.717) is 12.5 Å². The van der Waals surface area contributed by atoms with Crippen molar-refractivity contribution in [2.75, 3.05) is 6.61 Å². The SMILES string of the molecule is CCOc1cc2scnc2c(C)n1. The van der Waals surface area contributed by atoms with E-state index in [9.17, 15) is 0 Å². The van der Waals surface area contributed by atoms with Crippen LogP contribution in [0.5, 0.6) is 5.88 Å². The van der Waals surface area contributed by atoms with Crippen molar-refractivity contribution in [3.63, 3.8) is 0 Å². The number of thiazole rings is 1. The largest absolute Gasteiger partial charge is 0.478 e. The number of nitrogens with zero attached hydrogens (tertiary/aromatic N) is 2. The van der Waals surface area contributed by atoms with Crippen LogP contribution >= 0.6 is 11.3 Å². The molecular formula is C9H10N2OS. The predicted octanol–water partition coefficient (Wildman–Crippen LogP) is 2.40. The fourth-order valence-electron chi connectivity index (χ4n) is 1.21. The Bertz CT molecular complexity index is 424. The first-order valence-corrected chi connectivity index (χ1v) is 5.03. The van der Waals surface area contributed by atoms with Crippen molar-refractivity contribution in [2.24, 2.45) is 0 Å². The molecule has 0 unspecified atom stereocenters. The van der Waals surface area contributed by atoms with Gasteiger partial charge < -0.3 is 4.74 Å². The van der Waals surface area contributed by atoms with Crippen molar-refractivity contribution in [2.45, 2.75) is 13.8 Å². The number of rotatable bonds is 2. The first-order valence-electron chi connectivity index (χ1n) is 4.15. The topological polar surface area (TPSA) is 35.0 Å². The molecule has 0 atom stereocenters. The second-order valence-electron chi connectivity index (χ2n) is 2.68. The molecule has 68 valence electrons. The van der Waals surface area contributed by atoms with Gasteiger partial charge in [-0.1, -0.05) is 0 Å². The lowest BCUT2D eigenvalue weighted by atomic mass is 10.3. The van der Waals surface area contributed by atoms with E-state index in [0.717, 1.165) is 15.9 Å². The molecule has 0 fully saturated rings. The van der Waals surface area contributed by atoms with Crippen molar-refractivity contribution in [3.05, 3.63) is 17.3 Å². The second-order valence-corrected chi connectivity index (χ2v) is 3.56. The molecule has 2 rings (SSSR count). The highest BCUT2D eigenvalue weighted by atomic mass is 32.1. The number of pyridine rings is 1. The van der Waals surface area contributed by atoms with Crippen LogP contribution in [0.25, 0.3) is 10.2 Å². The first kappa shape index (κ1) is 8.44. The summed E-state index contributed by atoms with van der Waals surface area (Å²) >= 11 is 1.61. The van der Waals surface area contributed by atoms with Gasteiger partial charge in [0.25, 0.3) is 0 Å². The fraction of sp³-hybridized carbons (Fsp3) is 0.333. The Morgan fingerprint density at radius 2 is 2.38 bits per heavy atom. The molecule has 0 aliphatic rings. The van der Waals surface area contributed by atoms with Crippen molar-refractivity contribution in [1.82, 2.24) is 9.97 Å². The van der Waals surface area contributed by atoms with Crippen LogP contribution in [0.4, 0.5) is 0 Å². The van der Waals surface area contributed by atoms with Crippen LogP contribution in [0.3, 0.4) is 0 Å². The summed E-state index contributed by atoms with van der Waals surface area (Å²) in [4.78, 5) is 8.51. The van der Waals surface area contributed by atoms with E-state index in [1.165, 1.54) is 0 Å². The number of hydrogen-bond donors (Lipinski definition) is 0. The third kappa shape index (κ3) is 1.49. The van der Waals surface area contributed by atoms with Gasteiger partial charge in [-0.2, -0.15) is 0 Å². The van der Waals surface area contributed by atoms with Crippen molar-refractivity contribution >= 4 is 21.6 Å². The number of ether oxygens (including phenoxy) is 1. The van der Waals surface area contributed by atoms with E-state index < -0.39 is 0 Å². The standard InChI is InChI=1S/C9H10N2OS/c1-3-12-8-4-7-9(6(2)11-8)10-5-13-7/h4-5H,3H2,1-2H3. The van der Waals surface area contributed by atoms with E-state index in [1.807, 2.05) is 25.4 Å². The van der Waals surface area contributed by atoms with Crippen LogP contribution in [-0.2, 0) is 0 Å². The van der Waals surface area contributed by atoms with E-state index in [1.54, 1.807) is 11.3 Å². The Morgan fingerprint density at radius 1 is 1.54 bits per heavy atom. The summed E-state index contributed by atoms with van der Waals surface area (Å²) in [7, 11) is 0. The minimum atomic E-state index is 0.650. The predicted molar refractivity (Wildman–Crippen MR) is 53.3 cm³/mol. The zero-order chi connectivity index (χ0) is 9.26. The van der Waals surface area contributed by atoms with Gasteiger partial charge in [0.15, 0.2) is 0 Å². The van der Waals surface area contributed by atoms with E-state index in [-0.39, 0.29) is 0 Å². The molecule has 0 bridgehead atoms. The quantitative estimate of drug-likeness (QED) is 0.736. The maximum absolute atomic E-state index is 5.33. The summed E-state index contributed by atoms with van der Waals surface area (Å²) in [5.74, 6) is 0.691. The third-order valence-corrected chi connectivity index (χ3v) is 2.54. The Morgan fingerprint density at radius 3 is 3.15 bits per heavy atom. The second kappa shape index (κ2) is 3.30. The Hall–Kier alpha value is -1.16. The summed E-state index contributed by atoms with van der Waals surface area (Å²) in [6.07, 6.45) is 0. The molecule has 0 aromatic carbocycles.